The third kappa shape index (κ3) is 2.13. The quantitative estimate of drug-likeness (QED) is 0.402. The maximum absolute atomic E-state index is 2.27. The van der Waals surface area contributed by atoms with E-state index in [-0.39, 0.29) is 24.8 Å². The van der Waals surface area contributed by atoms with Crippen LogP contribution in [0.15, 0.2) is 54.6 Å². The molecule has 0 nitrogen and oxygen atoms in total. The van der Waals surface area contributed by atoms with Gasteiger partial charge in [-0.3, -0.25) is 0 Å². The van der Waals surface area contributed by atoms with Crippen LogP contribution in [-0.4, -0.2) is 3.21 Å². The first-order chi connectivity index (χ1) is 8.86. The Morgan fingerprint density at radius 1 is 0.600 bits per heavy atom. The summed E-state index contributed by atoms with van der Waals surface area (Å²) < 4.78 is 1.46. The van der Waals surface area contributed by atoms with Gasteiger partial charge in [-0.15, -0.1) is 0 Å². The number of fused-ring (bicyclic) bond motifs is 6. The topological polar surface area (TPSA) is 0 Å². The fourth-order valence-electron chi connectivity index (χ4n) is 2.88. The van der Waals surface area contributed by atoms with Gasteiger partial charge >= 0.3 is 121 Å². The van der Waals surface area contributed by atoms with E-state index < -0.39 is 0 Å². The van der Waals surface area contributed by atoms with Crippen LogP contribution >= 0.6 is 0 Å². The van der Waals surface area contributed by atoms with E-state index in [2.05, 4.69) is 60.7 Å². The van der Waals surface area contributed by atoms with Crippen LogP contribution in [-0.2, 0) is 24.2 Å². The molecule has 3 aromatic carbocycles. The van der Waals surface area contributed by atoms with Gasteiger partial charge in [0.1, 0.15) is 0 Å². The Kier molecular flexibility index (Phi) is 4.64. The van der Waals surface area contributed by atoms with E-state index in [0.717, 1.165) is 0 Å². The average molecular weight is 376 g/mol. The summed E-state index contributed by atoms with van der Waals surface area (Å²) in [5, 5.41) is 5.50. The molecule has 0 saturated carbocycles. The molecule has 0 N–H and O–H groups in total. The van der Waals surface area contributed by atoms with Crippen molar-refractivity contribution in [1.29, 1.82) is 0 Å². The van der Waals surface area contributed by atoms with Crippen LogP contribution in [0.25, 0.3) is 27.6 Å². The van der Waals surface area contributed by atoms with Gasteiger partial charge in [0, 0.05) is 0 Å². The molecule has 1 aliphatic rings. The van der Waals surface area contributed by atoms with E-state index in [1.54, 1.807) is 0 Å². The second kappa shape index (κ2) is 5.94. The van der Waals surface area contributed by atoms with E-state index in [1.165, 1.54) is 60.1 Å². The Morgan fingerprint density at radius 3 is 1.75 bits per heavy atom. The second-order valence-corrected chi connectivity index (χ2v) is 5.95. The standard InChI is InChI=1S/C17H10.2ClH.Zr/c1-3-8-14-12(6-1)13-7-2-4-9-15(13)17-11-5-10-16(14)17;;;/h1-10H;2*1H;/q;;;+2/p-2. The zero-order valence-corrected chi connectivity index (χ0v) is 14.5. The zero-order chi connectivity index (χ0) is 12.1. The number of hydrogen-bond donors (Lipinski definition) is 0. The SMILES string of the molecule is [Cl-].[Cl-].[Zr+2]=[C]1C=Cc2c1c1ccccc1c1ccccc21. The molecule has 0 unspecified atom stereocenters. The summed E-state index contributed by atoms with van der Waals surface area (Å²) in [6.07, 6.45) is 4.54. The fraction of sp³-hybridized carbons (Fsp3) is 0. The molecule has 4 rings (SSSR count). The molecule has 0 spiro atoms. The number of benzene rings is 3. The number of hydrogen-bond acceptors (Lipinski definition) is 0. The average Bonchev–Trinajstić information content (AvgIpc) is 2.82. The Labute approximate surface area is 145 Å². The van der Waals surface area contributed by atoms with Gasteiger partial charge in [-0.1, -0.05) is 0 Å². The van der Waals surface area contributed by atoms with Gasteiger partial charge in [0.2, 0.25) is 0 Å². The van der Waals surface area contributed by atoms with Crippen molar-refractivity contribution >= 4 is 30.8 Å². The fourth-order valence-corrected chi connectivity index (χ4v) is 3.75. The Hall–Kier alpha value is -0.747. The van der Waals surface area contributed by atoms with Gasteiger partial charge in [0.15, 0.2) is 0 Å². The molecule has 0 bridgehead atoms. The van der Waals surface area contributed by atoms with Crippen LogP contribution in [0.2, 0.25) is 0 Å². The van der Waals surface area contributed by atoms with E-state index in [1.807, 2.05) is 0 Å². The number of allylic oxidation sites excluding steroid dienone is 1. The van der Waals surface area contributed by atoms with Crippen LogP contribution in [0.5, 0.6) is 0 Å². The third-order valence-corrected chi connectivity index (χ3v) is 4.68. The van der Waals surface area contributed by atoms with Crippen molar-refractivity contribution in [2.45, 2.75) is 0 Å². The van der Waals surface area contributed by atoms with Gasteiger partial charge < -0.3 is 24.8 Å². The van der Waals surface area contributed by atoms with E-state index in [4.69, 9.17) is 0 Å². The monoisotopic (exact) mass is 374 g/mol. The first-order valence-corrected chi connectivity index (χ1v) is 7.29. The first-order valence-electron chi connectivity index (χ1n) is 6.07. The Bertz CT molecular complexity index is 850. The van der Waals surface area contributed by atoms with Crippen LogP contribution in [0.3, 0.4) is 0 Å². The minimum absolute atomic E-state index is 0. The molecule has 0 fully saturated rings. The summed E-state index contributed by atoms with van der Waals surface area (Å²) >= 11 is 1.49. The predicted octanol–water partition coefficient (Wildman–Crippen LogP) is -1.90. The van der Waals surface area contributed by atoms with Crippen molar-refractivity contribution in [3.05, 3.63) is 65.7 Å². The minimum atomic E-state index is 0. The molecule has 96 valence electrons. The van der Waals surface area contributed by atoms with Gasteiger partial charge in [0.05, 0.1) is 0 Å². The molecule has 1 aliphatic carbocycles. The molecule has 0 amide bonds. The summed E-state index contributed by atoms with van der Waals surface area (Å²) in [7, 11) is 0. The molecule has 0 radical (unpaired) electrons. The molecular formula is C17H10Cl2Zr. The first kappa shape index (κ1) is 15.6. The van der Waals surface area contributed by atoms with Crippen molar-refractivity contribution < 1.29 is 49.0 Å². The molecule has 20 heavy (non-hydrogen) atoms. The van der Waals surface area contributed by atoms with Crippen LogP contribution in [0.1, 0.15) is 11.1 Å². The third-order valence-electron chi connectivity index (χ3n) is 3.66. The van der Waals surface area contributed by atoms with E-state index in [0.29, 0.717) is 0 Å². The molecule has 0 heterocycles. The number of halogens is 2. The molecule has 3 aromatic rings. The summed E-state index contributed by atoms with van der Waals surface area (Å²) in [6.45, 7) is 0. The molecule has 0 saturated heterocycles. The van der Waals surface area contributed by atoms with Crippen LogP contribution < -0.4 is 24.8 Å². The van der Waals surface area contributed by atoms with Crippen molar-refractivity contribution in [2.24, 2.45) is 0 Å². The van der Waals surface area contributed by atoms with Gasteiger partial charge in [-0.25, -0.2) is 0 Å². The Morgan fingerprint density at radius 2 is 1.10 bits per heavy atom. The predicted molar refractivity (Wildman–Crippen MR) is 74.6 cm³/mol. The van der Waals surface area contributed by atoms with Crippen molar-refractivity contribution in [3.8, 4) is 0 Å². The van der Waals surface area contributed by atoms with Gasteiger partial charge in [-0.05, 0) is 0 Å². The summed E-state index contributed by atoms with van der Waals surface area (Å²) in [5.41, 5.74) is 2.85. The van der Waals surface area contributed by atoms with Gasteiger partial charge in [-0.2, -0.15) is 0 Å². The number of rotatable bonds is 0. The maximum atomic E-state index is 2.27. The zero-order valence-electron chi connectivity index (χ0n) is 10.5. The molecule has 0 aromatic heterocycles. The van der Waals surface area contributed by atoms with Crippen molar-refractivity contribution in [3.63, 3.8) is 0 Å². The van der Waals surface area contributed by atoms with Crippen LogP contribution in [0, 0.1) is 0 Å². The molecule has 3 heteroatoms. The van der Waals surface area contributed by atoms with Crippen LogP contribution in [0.4, 0.5) is 0 Å². The van der Waals surface area contributed by atoms with E-state index in [9.17, 15) is 0 Å². The molecular weight excluding hydrogens is 366 g/mol. The second-order valence-electron chi connectivity index (χ2n) is 4.63. The molecule has 0 aliphatic heterocycles. The summed E-state index contributed by atoms with van der Waals surface area (Å²) in [4.78, 5) is 0. The molecule has 0 atom stereocenters. The summed E-state index contributed by atoms with van der Waals surface area (Å²) in [6, 6.07) is 17.5. The normalized spacial score (nSPS) is 12.2. The van der Waals surface area contributed by atoms with Gasteiger partial charge in [0.25, 0.3) is 0 Å². The van der Waals surface area contributed by atoms with Crippen molar-refractivity contribution in [1.82, 2.24) is 0 Å². The summed E-state index contributed by atoms with van der Waals surface area (Å²) in [5.74, 6) is 0. The van der Waals surface area contributed by atoms with E-state index >= 15 is 0 Å². The van der Waals surface area contributed by atoms with Crippen molar-refractivity contribution in [2.75, 3.05) is 0 Å². The Balaban J connectivity index is 0.000000735.